The molecule has 0 amide bonds. The summed E-state index contributed by atoms with van der Waals surface area (Å²) in [6.45, 7) is 3.88. The zero-order valence-corrected chi connectivity index (χ0v) is 13.9. The second-order valence-corrected chi connectivity index (χ2v) is 7.41. The van der Waals surface area contributed by atoms with E-state index in [1.165, 1.54) is 22.5 Å². The lowest BCUT2D eigenvalue weighted by atomic mass is 10.1. The molecule has 3 rings (SSSR count). The largest absolute Gasteiger partial charge is 0.490 e. The average molecular weight is 347 g/mol. The number of rotatable bonds is 4. The van der Waals surface area contributed by atoms with Gasteiger partial charge in [-0.25, -0.2) is 12.8 Å². The molecule has 1 aliphatic heterocycles. The SMILES string of the molecule is C=CCN1[C@@H](Cc2ccccc2)COc2cccc(F)c2S1(=O)=O. The Kier molecular flexibility index (Phi) is 4.69. The maximum atomic E-state index is 14.2. The fourth-order valence-electron chi connectivity index (χ4n) is 2.86. The van der Waals surface area contributed by atoms with Crippen LogP contribution in [0.4, 0.5) is 4.39 Å². The summed E-state index contributed by atoms with van der Waals surface area (Å²) in [7, 11) is -4.02. The van der Waals surface area contributed by atoms with E-state index < -0.39 is 26.8 Å². The molecule has 1 heterocycles. The van der Waals surface area contributed by atoms with Crippen molar-refractivity contribution >= 4 is 10.0 Å². The highest BCUT2D eigenvalue weighted by Crippen LogP contribution is 2.34. The highest BCUT2D eigenvalue weighted by Gasteiger charge is 2.38. The average Bonchev–Trinajstić information content (AvgIpc) is 2.66. The zero-order chi connectivity index (χ0) is 17.2. The first-order valence-corrected chi connectivity index (χ1v) is 9.06. The van der Waals surface area contributed by atoms with Crippen molar-refractivity contribution in [2.75, 3.05) is 13.2 Å². The van der Waals surface area contributed by atoms with E-state index in [0.717, 1.165) is 11.6 Å². The van der Waals surface area contributed by atoms with E-state index >= 15 is 0 Å². The van der Waals surface area contributed by atoms with Gasteiger partial charge in [0.25, 0.3) is 0 Å². The fraction of sp³-hybridized carbons (Fsp3) is 0.222. The number of fused-ring (bicyclic) bond motifs is 1. The van der Waals surface area contributed by atoms with Crippen LogP contribution >= 0.6 is 0 Å². The van der Waals surface area contributed by atoms with Crippen LogP contribution in [0.5, 0.6) is 5.75 Å². The number of hydrogen-bond donors (Lipinski definition) is 0. The van der Waals surface area contributed by atoms with Crippen LogP contribution in [-0.2, 0) is 16.4 Å². The lowest BCUT2D eigenvalue weighted by Crippen LogP contribution is -2.43. The van der Waals surface area contributed by atoms with Crippen LogP contribution in [0.25, 0.3) is 0 Å². The predicted molar refractivity (Wildman–Crippen MR) is 89.9 cm³/mol. The number of halogens is 1. The Morgan fingerprint density at radius 3 is 2.67 bits per heavy atom. The molecular formula is C18H18FNO3S. The second kappa shape index (κ2) is 6.75. The first kappa shape index (κ1) is 16.7. The number of benzene rings is 2. The van der Waals surface area contributed by atoms with Gasteiger partial charge >= 0.3 is 0 Å². The van der Waals surface area contributed by atoms with E-state index in [2.05, 4.69) is 6.58 Å². The number of ether oxygens (including phenoxy) is 1. The van der Waals surface area contributed by atoms with Crippen LogP contribution in [0.15, 0.2) is 66.1 Å². The summed E-state index contributed by atoms with van der Waals surface area (Å²) in [6, 6.07) is 13.2. The van der Waals surface area contributed by atoms with Crippen LogP contribution in [-0.4, -0.2) is 31.9 Å². The minimum atomic E-state index is -4.02. The topological polar surface area (TPSA) is 46.6 Å². The third kappa shape index (κ3) is 3.07. The Morgan fingerprint density at radius 1 is 1.21 bits per heavy atom. The van der Waals surface area contributed by atoms with Gasteiger partial charge < -0.3 is 4.74 Å². The van der Waals surface area contributed by atoms with Crippen molar-refractivity contribution in [2.24, 2.45) is 0 Å². The molecule has 0 saturated carbocycles. The summed E-state index contributed by atoms with van der Waals surface area (Å²) in [6.07, 6.45) is 1.98. The minimum absolute atomic E-state index is 0.0552. The standard InChI is InChI=1S/C18H18FNO3S/c1-2-11-20-15(12-14-7-4-3-5-8-14)13-23-17-10-6-9-16(19)18(17)24(20,21)22/h2-10,15H,1,11-13H2/t15-/m0/s1. The maximum absolute atomic E-state index is 14.2. The van der Waals surface area contributed by atoms with Crippen LogP contribution in [0, 0.1) is 5.82 Å². The molecule has 0 aromatic heterocycles. The van der Waals surface area contributed by atoms with Gasteiger partial charge in [0.15, 0.2) is 4.90 Å². The second-order valence-electron chi connectivity index (χ2n) is 5.59. The van der Waals surface area contributed by atoms with E-state index in [-0.39, 0.29) is 18.9 Å². The lowest BCUT2D eigenvalue weighted by molar-refractivity contribution is 0.219. The molecule has 1 atom stereocenters. The Balaban J connectivity index is 2.04. The summed E-state index contributed by atoms with van der Waals surface area (Å²) >= 11 is 0. The van der Waals surface area contributed by atoms with Gasteiger partial charge in [-0.3, -0.25) is 0 Å². The Hall–Kier alpha value is -2.18. The van der Waals surface area contributed by atoms with Gasteiger partial charge in [-0.05, 0) is 24.1 Å². The molecule has 2 aromatic carbocycles. The Morgan fingerprint density at radius 2 is 1.96 bits per heavy atom. The van der Waals surface area contributed by atoms with Crippen molar-refractivity contribution in [2.45, 2.75) is 17.4 Å². The first-order chi connectivity index (χ1) is 11.5. The smallest absolute Gasteiger partial charge is 0.250 e. The van der Waals surface area contributed by atoms with Crippen LogP contribution < -0.4 is 4.74 Å². The summed E-state index contributed by atoms with van der Waals surface area (Å²) in [5.41, 5.74) is 0.988. The minimum Gasteiger partial charge on any atom is -0.490 e. The van der Waals surface area contributed by atoms with Gasteiger partial charge in [0.1, 0.15) is 18.2 Å². The molecule has 2 aromatic rings. The summed E-state index contributed by atoms with van der Waals surface area (Å²) in [4.78, 5) is -0.401. The van der Waals surface area contributed by atoms with Gasteiger partial charge in [0, 0.05) is 6.54 Å². The van der Waals surface area contributed by atoms with Gasteiger partial charge in [-0.1, -0.05) is 42.5 Å². The molecule has 0 N–H and O–H groups in total. The quantitative estimate of drug-likeness (QED) is 0.799. The highest BCUT2D eigenvalue weighted by molar-refractivity contribution is 7.89. The van der Waals surface area contributed by atoms with E-state index in [0.29, 0.717) is 6.42 Å². The third-order valence-electron chi connectivity index (χ3n) is 3.96. The lowest BCUT2D eigenvalue weighted by Gasteiger charge is -2.27. The first-order valence-electron chi connectivity index (χ1n) is 7.62. The van der Waals surface area contributed by atoms with Crippen molar-refractivity contribution in [3.05, 3.63) is 72.6 Å². The molecule has 0 spiro atoms. The van der Waals surface area contributed by atoms with Crippen molar-refractivity contribution in [1.82, 2.24) is 4.31 Å². The number of hydrogen-bond acceptors (Lipinski definition) is 3. The molecule has 4 nitrogen and oxygen atoms in total. The van der Waals surface area contributed by atoms with E-state index in [9.17, 15) is 12.8 Å². The summed E-state index contributed by atoms with van der Waals surface area (Å²) in [5, 5.41) is 0. The van der Waals surface area contributed by atoms with Crippen LogP contribution in [0.1, 0.15) is 5.56 Å². The molecule has 0 radical (unpaired) electrons. The molecule has 0 unspecified atom stereocenters. The normalized spacial score (nSPS) is 19.8. The Labute approximate surface area is 141 Å². The molecule has 6 heteroatoms. The molecule has 0 aliphatic carbocycles. The Bertz CT molecular complexity index is 837. The van der Waals surface area contributed by atoms with Gasteiger partial charge in [0.2, 0.25) is 10.0 Å². The summed E-state index contributed by atoms with van der Waals surface area (Å²) < 4.78 is 47.1. The van der Waals surface area contributed by atoms with Crippen molar-refractivity contribution in [1.29, 1.82) is 0 Å². The van der Waals surface area contributed by atoms with Gasteiger partial charge in [-0.15, -0.1) is 6.58 Å². The van der Waals surface area contributed by atoms with E-state index in [4.69, 9.17) is 4.74 Å². The highest BCUT2D eigenvalue weighted by atomic mass is 32.2. The fourth-order valence-corrected chi connectivity index (χ4v) is 4.62. The molecule has 0 bridgehead atoms. The van der Waals surface area contributed by atoms with Crippen LogP contribution in [0.2, 0.25) is 0 Å². The van der Waals surface area contributed by atoms with Gasteiger partial charge in [0.05, 0.1) is 6.04 Å². The maximum Gasteiger partial charge on any atom is 0.250 e. The predicted octanol–water partition coefficient (Wildman–Crippen LogP) is 3.01. The zero-order valence-electron chi connectivity index (χ0n) is 13.1. The summed E-state index contributed by atoms with van der Waals surface area (Å²) in [5.74, 6) is -0.749. The molecule has 1 aliphatic rings. The van der Waals surface area contributed by atoms with Gasteiger partial charge in [-0.2, -0.15) is 4.31 Å². The van der Waals surface area contributed by atoms with Crippen molar-refractivity contribution in [3.8, 4) is 5.75 Å². The van der Waals surface area contributed by atoms with E-state index in [1.54, 1.807) is 0 Å². The monoisotopic (exact) mass is 347 g/mol. The van der Waals surface area contributed by atoms with Crippen molar-refractivity contribution < 1.29 is 17.5 Å². The molecule has 126 valence electrons. The number of sulfonamides is 1. The number of nitrogens with zero attached hydrogens (tertiary/aromatic N) is 1. The van der Waals surface area contributed by atoms with Crippen LogP contribution in [0.3, 0.4) is 0 Å². The van der Waals surface area contributed by atoms with Crippen molar-refractivity contribution in [3.63, 3.8) is 0 Å². The molecule has 24 heavy (non-hydrogen) atoms. The van der Waals surface area contributed by atoms with E-state index in [1.807, 2.05) is 30.3 Å². The molecule has 0 fully saturated rings. The molecule has 0 saturated heterocycles. The third-order valence-corrected chi connectivity index (χ3v) is 5.94. The molecular weight excluding hydrogens is 329 g/mol.